The third-order valence-corrected chi connectivity index (χ3v) is 5.44. The normalized spacial score (nSPS) is 13.8. The Bertz CT molecular complexity index is 571. The van der Waals surface area contributed by atoms with Gasteiger partial charge in [0.25, 0.3) is 0 Å². The summed E-state index contributed by atoms with van der Waals surface area (Å²) in [6, 6.07) is 15.4. The van der Waals surface area contributed by atoms with E-state index < -0.39 is 9.65 Å². The molecule has 4 heteroatoms. The lowest BCUT2D eigenvalue weighted by atomic mass is 10.0. The van der Waals surface area contributed by atoms with E-state index in [-0.39, 0.29) is 11.6 Å². The van der Waals surface area contributed by atoms with E-state index in [1.807, 2.05) is 6.07 Å². The quantitative estimate of drug-likeness (QED) is 0.539. The Morgan fingerprint density at radius 1 is 0.947 bits per heavy atom. The Balaban J connectivity index is 2.23. The van der Waals surface area contributed by atoms with Crippen molar-refractivity contribution in [3.8, 4) is 0 Å². The number of Topliss-reactive ketones (excluding diaryl/α,β-unsaturated/α-hetero) is 1. The maximum absolute atomic E-state index is 13.7. The molecule has 0 radical (unpaired) electrons. The summed E-state index contributed by atoms with van der Waals surface area (Å²) in [5.74, 6) is -0.402. The predicted molar refractivity (Wildman–Crippen MR) is 81.6 cm³/mol. The number of rotatable bonds is 4. The van der Waals surface area contributed by atoms with Crippen molar-refractivity contribution in [1.82, 2.24) is 0 Å². The van der Waals surface area contributed by atoms with Crippen LogP contribution in [-0.4, -0.2) is 10.6 Å². The van der Waals surface area contributed by atoms with Gasteiger partial charge in [-0.3, -0.25) is 4.79 Å². The van der Waals surface area contributed by atoms with E-state index in [2.05, 4.69) is 31.9 Å². The molecule has 1 nitrogen and oxygen atoms in total. The number of hydrogen-bond acceptors (Lipinski definition) is 1. The topological polar surface area (TPSA) is 17.1 Å². The van der Waals surface area contributed by atoms with Gasteiger partial charge < -0.3 is 0 Å². The minimum absolute atomic E-state index is 0.0780. The zero-order chi connectivity index (χ0) is 13.8. The molecule has 0 fully saturated rings. The summed E-state index contributed by atoms with van der Waals surface area (Å²) in [5.41, 5.74) is 1.07. The maximum atomic E-state index is 13.7. The molecule has 0 aliphatic rings. The summed E-state index contributed by atoms with van der Waals surface area (Å²) >= 11 is 6.75. The molecule has 0 N–H and O–H groups in total. The van der Waals surface area contributed by atoms with Crippen molar-refractivity contribution in [2.24, 2.45) is 0 Å². The molecule has 0 spiro atoms. The maximum Gasteiger partial charge on any atom is 0.177 e. The molecule has 0 aliphatic heterocycles. The van der Waals surface area contributed by atoms with E-state index >= 15 is 0 Å². The number of carbonyl (C=O) groups is 1. The van der Waals surface area contributed by atoms with Crippen LogP contribution in [0.4, 0.5) is 4.39 Å². The number of hydrogen-bond donors (Lipinski definition) is 0. The second kappa shape index (κ2) is 6.44. The van der Waals surface area contributed by atoms with Crippen molar-refractivity contribution in [2.75, 3.05) is 0 Å². The minimum atomic E-state index is -0.521. The van der Waals surface area contributed by atoms with Gasteiger partial charge >= 0.3 is 0 Å². The minimum Gasteiger partial charge on any atom is -0.293 e. The van der Waals surface area contributed by atoms with Crippen molar-refractivity contribution in [2.45, 2.75) is 9.65 Å². The smallest absolute Gasteiger partial charge is 0.177 e. The molecule has 2 rings (SSSR count). The Morgan fingerprint density at radius 3 is 2.16 bits per heavy atom. The van der Waals surface area contributed by atoms with Crippen molar-refractivity contribution >= 4 is 37.6 Å². The molecule has 2 aromatic carbocycles. The van der Waals surface area contributed by atoms with Crippen LogP contribution in [0.15, 0.2) is 54.6 Å². The Hall–Kier alpha value is -1.00. The van der Waals surface area contributed by atoms with Gasteiger partial charge in [0.2, 0.25) is 0 Å². The predicted octanol–water partition coefficient (Wildman–Crippen LogP) is 4.91. The molecule has 98 valence electrons. The zero-order valence-electron chi connectivity index (χ0n) is 9.89. The molecular weight excluding hydrogens is 375 g/mol. The van der Waals surface area contributed by atoms with Crippen LogP contribution >= 0.6 is 31.9 Å². The number of ketones is 1. The zero-order valence-corrected chi connectivity index (χ0v) is 13.1. The molecule has 0 saturated carbocycles. The van der Waals surface area contributed by atoms with Crippen LogP contribution < -0.4 is 0 Å². The number of benzene rings is 2. The van der Waals surface area contributed by atoms with Crippen LogP contribution in [-0.2, 0) is 0 Å². The molecular formula is C15H11Br2FO. The standard InChI is InChI=1S/C15H11Br2FO/c16-13(11-8-4-5-9-12(11)18)14(17)15(19)10-6-2-1-3-7-10/h1-9,13-14H/t13-,14-/m0/s1. The molecule has 0 saturated heterocycles. The van der Waals surface area contributed by atoms with Crippen LogP contribution in [0.2, 0.25) is 0 Å². The average molecular weight is 386 g/mol. The van der Waals surface area contributed by atoms with Gasteiger partial charge in [-0.15, -0.1) is 0 Å². The summed E-state index contributed by atoms with van der Waals surface area (Å²) in [4.78, 5) is 11.3. The lowest BCUT2D eigenvalue weighted by molar-refractivity contribution is 0.0990. The number of halogens is 3. The second-order valence-electron chi connectivity index (χ2n) is 4.06. The first-order valence-electron chi connectivity index (χ1n) is 5.73. The fourth-order valence-electron chi connectivity index (χ4n) is 1.75. The van der Waals surface area contributed by atoms with Gasteiger partial charge in [0.1, 0.15) is 5.82 Å². The molecule has 0 heterocycles. The molecule has 19 heavy (non-hydrogen) atoms. The van der Waals surface area contributed by atoms with Gasteiger partial charge in [0, 0.05) is 11.1 Å². The Morgan fingerprint density at radius 2 is 1.53 bits per heavy atom. The van der Waals surface area contributed by atoms with Crippen molar-refractivity contribution < 1.29 is 9.18 Å². The van der Waals surface area contributed by atoms with E-state index in [4.69, 9.17) is 0 Å². The van der Waals surface area contributed by atoms with E-state index in [9.17, 15) is 9.18 Å². The van der Waals surface area contributed by atoms with Crippen LogP contribution in [0.1, 0.15) is 20.7 Å². The summed E-state index contributed by atoms with van der Waals surface area (Å²) in [6.45, 7) is 0. The third kappa shape index (κ3) is 3.31. The van der Waals surface area contributed by atoms with Gasteiger partial charge in [-0.1, -0.05) is 80.4 Å². The Labute approximate surface area is 128 Å². The monoisotopic (exact) mass is 384 g/mol. The summed E-state index contributed by atoms with van der Waals surface area (Å²) in [7, 11) is 0. The highest BCUT2D eigenvalue weighted by molar-refractivity contribution is 9.12. The number of carbonyl (C=O) groups excluding carboxylic acids is 1. The van der Waals surface area contributed by atoms with Gasteiger partial charge in [0.05, 0.1) is 9.65 Å². The molecule has 0 amide bonds. The summed E-state index contributed by atoms with van der Waals surface area (Å²) in [5, 5.41) is 0. The highest BCUT2D eigenvalue weighted by atomic mass is 79.9. The highest BCUT2D eigenvalue weighted by Crippen LogP contribution is 2.34. The largest absolute Gasteiger partial charge is 0.293 e. The molecule has 0 aromatic heterocycles. The lowest BCUT2D eigenvalue weighted by Gasteiger charge is -2.16. The third-order valence-electron chi connectivity index (χ3n) is 2.77. The average Bonchev–Trinajstić information content (AvgIpc) is 2.46. The molecule has 0 aliphatic carbocycles. The fraction of sp³-hybridized carbons (Fsp3) is 0.133. The van der Waals surface area contributed by atoms with Crippen LogP contribution in [0, 0.1) is 5.82 Å². The van der Waals surface area contributed by atoms with E-state index in [1.165, 1.54) is 6.07 Å². The fourth-order valence-corrected chi connectivity index (χ4v) is 2.91. The van der Waals surface area contributed by atoms with Crippen molar-refractivity contribution in [1.29, 1.82) is 0 Å². The molecule has 2 atom stereocenters. The van der Waals surface area contributed by atoms with E-state index in [0.29, 0.717) is 11.1 Å². The highest BCUT2D eigenvalue weighted by Gasteiger charge is 2.27. The van der Waals surface area contributed by atoms with Crippen LogP contribution in [0.3, 0.4) is 0 Å². The summed E-state index contributed by atoms with van der Waals surface area (Å²) < 4.78 is 13.7. The van der Waals surface area contributed by atoms with Gasteiger partial charge in [-0.25, -0.2) is 4.39 Å². The summed E-state index contributed by atoms with van der Waals surface area (Å²) in [6.07, 6.45) is 0. The molecule has 2 aromatic rings. The van der Waals surface area contributed by atoms with Crippen molar-refractivity contribution in [3.05, 3.63) is 71.5 Å². The van der Waals surface area contributed by atoms with Gasteiger partial charge in [-0.05, 0) is 6.07 Å². The molecule has 0 unspecified atom stereocenters. The first-order valence-corrected chi connectivity index (χ1v) is 7.56. The van der Waals surface area contributed by atoms with Crippen LogP contribution in [0.25, 0.3) is 0 Å². The van der Waals surface area contributed by atoms with Crippen molar-refractivity contribution in [3.63, 3.8) is 0 Å². The lowest BCUT2D eigenvalue weighted by Crippen LogP contribution is -2.19. The van der Waals surface area contributed by atoms with Gasteiger partial charge in [0.15, 0.2) is 5.78 Å². The van der Waals surface area contributed by atoms with E-state index in [1.54, 1.807) is 42.5 Å². The first kappa shape index (κ1) is 14.4. The Kier molecular flexibility index (Phi) is 4.88. The van der Waals surface area contributed by atoms with E-state index in [0.717, 1.165) is 0 Å². The number of alkyl halides is 2. The SMILES string of the molecule is O=C(c1ccccc1)[C@@H](Br)[C@@H](Br)c1ccccc1F. The van der Waals surface area contributed by atoms with Crippen LogP contribution in [0.5, 0.6) is 0 Å². The van der Waals surface area contributed by atoms with Gasteiger partial charge in [-0.2, -0.15) is 0 Å². The first-order chi connectivity index (χ1) is 9.11. The second-order valence-corrected chi connectivity index (χ2v) is 6.03. The molecule has 0 bridgehead atoms.